The maximum absolute atomic E-state index is 13.2. The Kier molecular flexibility index (Phi) is 4.86. The van der Waals surface area contributed by atoms with Crippen molar-refractivity contribution in [2.45, 2.75) is 13.5 Å². The number of amides is 1. The smallest absolute Gasteiger partial charge is 0.272 e. The average Bonchev–Trinajstić information content (AvgIpc) is 3.27. The number of fused-ring (bicyclic) bond motifs is 2. The number of benzene rings is 2. The van der Waals surface area contributed by atoms with E-state index in [1.165, 1.54) is 0 Å². The fraction of sp³-hybridized carbons (Fsp3) is 0.261. The van der Waals surface area contributed by atoms with Crippen LogP contribution in [0.15, 0.2) is 42.5 Å². The summed E-state index contributed by atoms with van der Waals surface area (Å²) in [4.78, 5) is 19.8. The van der Waals surface area contributed by atoms with Crippen LogP contribution in [-0.2, 0) is 13.6 Å². The first-order valence-corrected chi connectivity index (χ1v) is 10.8. The molecule has 2 aromatic heterocycles. The molecule has 5 rings (SSSR count). The molecule has 0 saturated carbocycles. The Morgan fingerprint density at radius 1 is 1.23 bits per heavy atom. The lowest BCUT2D eigenvalue weighted by Crippen LogP contribution is -2.33. The molecule has 7 nitrogen and oxygen atoms in total. The number of rotatable bonds is 3. The third-order valence-electron chi connectivity index (χ3n) is 5.37. The van der Waals surface area contributed by atoms with Crippen LogP contribution in [0.2, 0.25) is 0 Å². The van der Waals surface area contributed by atoms with Gasteiger partial charge in [0.15, 0.2) is 11.5 Å². The van der Waals surface area contributed by atoms with Crippen LogP contribution in [0.25, 0.3) is 20.8 Å². The Bertz CT molecular complexity index is 1260. The number of para-hydroxylation sites is 1. The minimum Gasteiger partial charge on any atom is -0.493 e. The van der Waals surface area contributed by atoms with Crippen molar-refractivity contribution < 1.29 is 14.3 Å². The van der Waals surface area contributed by atoms with Crippen molar-refractivity contribution in [3.8, 4) is 22.1 Å². The summed E-state index contributed by atoms with van der Waals surface area (Å²) in [6, 6.07) is 13.9. The minimum atomic E-state index is -0.0658. The quantitative estimate of drug-likeness (QED) is 0.487. The van der Waals surface area contributed by atoms with Crippen molar-refractivity contribution in [1.82, 2.24) is 19.7 Å². The maximum atomic E-state index is 13.2. The number of nitrogens with zero attached hydrogens (tertiary/aromatic N) is 4. The van der Waals surface area contributed by atoms with E-state index in [1.807, 2.05) is 37.3 Å². The number of methoxy groups -OCH3 is 1. The molecule has 0 aliphatic carbocycles. The van der Waals surface area contributed by atoms with Crippen LogP contribution < -0.4 is 9.47 Å². The Hall–Kier alpha value is -3.39. The van der Waals surface area contributed by atoms with Gasteiger partial charge in [-0.2, -0.15) is 5.10 Å². The Balaban J connectivity index is 1.54. The first-order valence-electron chi connectivity index (χ1n) is 10.0. The Morgan fingerprint density at radius 3 is 2.81 bits per heavy atom. The highest BCUT2D eigenvalue weighted by Gasteiger charge is 2.26. The van der Waals surface area contributed by atoms with Crippen molar-refractivity contribution in [1.29, 1.82) is 0 Å². The molecule has 8 heteroatoms. The van der Waals surface area contributed by atoms with E-state index in [4.69, 9.17) is 14.5 Å². The molecule has 0 fully saturated rings. The fourth-order valence-electron chi connectivity index (χ4n) is 3.90. The van der Waals surface area contributed by atoms with Gasteiger partial charge in [0.05, 0.1) is 29.6 Å². The number of thiazole rings is 1. The van der Waals surface area contributed by atoms with Crippen LogP contribution in [0.3, 0.4) is 0 Å². The standard InChI is InChI=1S/C23H22N4O3S/c1-14-10-18(26(2)25-14)23(28)27-8-9-30-21-16(13-27)11-15(12-19(21)29-3)22-24-17-6-4-5-7-20(17)31-22/h4-7,10-12H,8-9,13H2,1-3H3. The molecule has 0 saturated heterocycles. The molecule has 0 radical (unpaired) electrons. The van der Waals surface area contributed by atoms with Crippen LogP contribution in [0.1, 0.15) is 21.7 Å². The largest absolute Gasteiger partial charge is 0.493 e. The zero-order valence-corrected chi connectivity index (χ0v) is 18.4. The average molecular weight is 435 g/mol. The molecule has 0 N–H and O–H groups in total. The number of carbonyl (C=O) groups is 1. The van der Waals surface area contributed by atoms with E-state index in [0.29, 0.717) is 36.9 Å². The van der Waals surface area contributed by atoms with Gasteiger partial charge >= 0.3 is 0 Å². The molecule has 0 unspecified atom stereocenters. The summed E-state index contributed by atoms with van der Waals surface area (Å²) >= 11 is 1.63. The van der Waals surface area contributed by atoms with Gasteiger partial charge in [-0.1, -0.05) is 12.1 Å². The summed E-state index contributed by atoms with van der Waals surface area (Å²) in [6.45, 7) is 3.18. The van der Waals surface area contributed by atoms with Gasteiger partial charge in [0.25, 0.3) is 5.91 Å². The fourth-order valence-corrected chi connectivity index (χ4v) is 4.85. The van der Waals surface area contributed by atoms with E-state index in [2.05, 4.69) is 17.2 Å². The van der Waals surface area contributed by atoms with Crippen LogP contribution in [0.5, 0.6) is 11.5 Å². The number of aromatic nitrogens is 3. The van der Waals surface area contributed by atoms with E-state index < -0.39 is 0 Å². The molecule has 0 atom stereocenters. The second-order valence-corrected chi connectivity index (χ2v) is 8.55. The van der Waals surface area contributed by atoms with Gasteiger partial charge in [0, 0.05) is 24.7 Å². The van der Waals surface area contributed by atoms with Gasteiger partial charge < -0.3 is 14.4 Å². The van der Waals surface area contributed by atoms with Gasteiger partial charge in [-0.15, -0.1) is 11.3 Å². The summed E-state index contributed by atoms with van der Waals surface area (Å²) in [7, 11) is 3.42. The normalized spacial score (nSPS) is 13.6. The highest BCUT2D eigenvalue weighted by atomic mass is 32.1. The van der Waals surface area contributed by atoms with Crippen LogP contribution in [0, 0.1) is 6.92 Å². The number of hydrogen-bond acceptors (Lipinski definition) is 6. The molecule has 0 spiro atoms. The van der Waals surface area contributed by atoms with Gasteiger partial charge in [0.1, 0.15) is 17.3 Å². The van der Waals surface area contributed by atoms with Crippen molar-refractivity contribution in [2.24, 2.45) is 7.05 Å². The molecule has 2 aromatic carbocycles. The zero-order chi connectivity index (χ0) is 21.5. The highest BCUT2D eigenvalue weighted by molar-refractivity contribution is 7.21. The van der Waals surface area contributed by atoms with E-state index in [-0.39, 0.29) is 5.91 Å². The SMILES string of the molecule is COc1cc(-c2nc3ccccc3s2)cc2c1OCCN(C(=O)c1cc(C)nn1C)C2. The Labute approximate surface area is 183 Å². The summed E-state index contributed by atoms with van der Waals surface area (Å²) in [5.41, 5.74) is 4.20. The van der Waals surface area contributed by atoms with Gasteiger partial charge in [0.2, 0.25) is 0 Å². The molecule has 4 aromatic rings. The lowest BCUT2D eigenvalue weighted by molar-refractivity contribution is 0.0722. The molecular weight excluding hydrogens is 412 g/mol. The third kappa shape index (κ3) is 3.53. The predicted octanol–water partition coefficient (Wildman–Crippen LogP) is 4.05. The second kappa shape index (κ2) is 7.70. The van der Waals surface area contributed by atoms with Crippen LogP contribution >= 0.6 is 11.3 Å². The molecular formula is C23H22N4O3S. The van der Waals surface area contributed by atoms with E-state index >= 15 is 0 Å². The van der Waals surface area contributed by atoms with Crippen molar-refractivity contribution in [3.63, 3.8) is 0 Å². The number of ether oxygens (including phenoxy) is 2. The number of aryl methyl sites for hydroxylation is 2. The lowest BCUT2D eigenvalue weighted by Gasteiger charge is -2.20. The first kappa shape index (κ1) is 19.6. The second-order valence-electron chi connectivity index (χ2n) is 7.52. The third-order valence-corrected chi connectivity index (χ3v) is 6.46. The minimum absolute atomic E-state index is 0.0658. The molecule has 158 valence electrons. The van der Waals surface area contributed by atoms with Gasteiger partial charge in [-0.3, -0.25) is 9.48 Å². The monoisotopic (exact) mass is 434 g/mol. The predicted molar refractivity (Wildman–Crippen MR) is 120 cm³/mol. The summed E-state index contributed by atoms with van der Waals surface area (Å²) < 4.78 is 14.4. The number of hydrogen-bond donors (Lipinski definition) is 0. The van der Waals surface area contributed by atoms with E-state index in [9.17, 15) is 4.79 Å². The zero-order valence-electron chi connectivity index (χ0n) is 17.6. The van der Waals surface area contributed by atoms with E-state index in [1.54, 1.807) is 35.1 Å². The lowest BCUT2D eigenvalue weighted by atomic mass is 10.1. The van der Waals surface area contributed by atoms with E-state index in [0.717, 1.165) is 32.0 Å². The Morgan fingerprint density at radius 2 is 2.06 bits per heavy atom. The molecule has 1 aliphatic rings. The molecule has 1 aliphatic heterocycles. The molecule has 31 heavy (non-hydrogen) atoms. The molecule has 1 amide bonds. The molecule has 0 bridgehead atoms. The van der Waals surface area contributed by atoms with Crippen LogP contribution in [-0.4, -0.2) is 45.8 Å². The van der Waals surface area contributed by atoms with Crippen LogP contribution in [0.4, 0.5) is 0 Å². The van der Waals surface area contributed by atoms with Gasteiger partial charge in [-0.25, -0.2) is 4.98 Å². The summed E-state index contributed by atoms with van der Waals surface area (Å²) in [5, 5.41) is 5.22. The summed E-state index contributed by atoms with van der Waals surface area (Å²) in [5.74, 6) is 1.27. The molecule has 3 heterocycles. The first-order chi connectivity index (χ1) is 15.0. The van der Waals surface area contributed by atoms with Gasteiger partial charge in [-0.05, 0) is 37.3 Å². The topological polar surface area (TPSA) is 69.5 Å². The van der Waals surface area contributed by atoms with Crippen molar-refractivity contribution in [3.05, 3.63) is 59.4 Å². The maximum Gasteiger partial charge on any atom is 0.272 e. The highest BCUT2D eigenvalue weighted by Crippen LogP contribution is 2.40. The van der Waals surface area contributed by atoms with Crippen molar-refractivity contribution >= 4 is 27.5 Å². The summed E-state index contributed by atoms with van der Waals surface area (Å²) in [6.07, 6.45) is 0. The number of carbonyl (C=O) groups excluding carboxylic acids is 1. The van der Waals surface area contributed by atoms with Crippen molar-refractivity contribution in [2.75, 3.05) is 20.3 Å².